The smallest absolute Gasteiger partial charge is 0.224 e. The van der Waals surface area contributed by atoms with Crippen LogP contribution in [0.15, 0.2) is 11.2 Å². The van der Waals surface area contributed by atoms with Crippen LogP contribution in [-0.2, 0) is 17.6 Å². The molecule has 0 unspecified atom stereocenters. The van der Waals surface area contributed by atoms with Crippen LogP contribution in [0.3, 0.4) is 0 Å². The zero-order valence-electron chi connectivity index (χ0n) is 12.5. The maximum absolute atomic E-state index is 8.91. The lowest BCUT2D eigenvalue weighted by atomic mass is 9.95. The first-order chi connectivity index (χ1) is 10.3. The van der Waals surface area contributed by atoms with Crippen LogP contribution in [0, 0.1) is 0 Å². The molecule has 6 nitrogen and oxygen atoms in total. The maximum Gasteiger partial charge on any atom is 0.224 e. The fourth-order valence-electron chi connectivity index (χ4n) is 2.41. The summed E-state index contributed by atoms with van der Waals surface area (Å²) in [6, 6.07) is 1.93. The Bertz CT molecular complexity index is 503. The highest BCUT2D eigenvalue weighted by molar-refractivity contribution is 5.99. The minimum Gasteiger partial charge on any atom is -0.475 e. The van der Waals surface area contributed by atoms with Crippen LogP contribution in [0.4, 0.5) is 0 Å². The van der Waals surface area contributed by atoms with E-state index in [-0.39, 0.29) is 5.84 Å². The van der Waals surface area contributed by atoms with Crippen molar-refractivity contribution in [3.8, 4) is 5.88 Å². The molecule has 1 aliphatic rings. The first-order valence-corrected chi connectivity index (χ1v) is 7.47. The molecule has 1 heterocycles. The highest BCUT2D eigenvalue weighted by Gasteiger charge is 2.18. The Morgan fingerprint density at radius 2 is 2.14 bits per heavy atom. The highest BCUT2D eigenvalue weighted by Crippen LogP contribution is 2.26. The average molecular weight is 293 g/mol. The summed E-state index contributed by atoms with van der Waals surface area (Å²) < 4.78 is 11.0. The van der Waals surface area contributed by atoms with Crippen LogP contribution in [0.2, 0.25) is 0 Å². The average Bonchev–Trinajstić information content (AvgIpc) is 2.53. The molecule has 0 aromatic carbocycles. The standard InChI is InChI=1S/C15H23N3O3/c1-2-7-20-8-9-21-15-12(14(16)18-19)10-11-5-3-4-6-13(11)17-15/h10,19H,2-9H2,1H3,(H2,16,18). The monoisotopic (exact) mass is 293 g/mol. The Hall–Kier alpha value is -1.82. The summed E-state index contributed by atoms with van der Waals surface area (Å²) >= 11 is 0. The second kappa shape index (κ2) is 7.83. The largest absolute Gasteiger partial charge is 0.475 e. The molecule has 0 amide bonds. The first-order valence-electron chi connectivity index (χ1n) is 7.47. The van der Waals surface area contributed by atoms with Gasteiger partial charge in [0.25, 0.3) is 0 Å². The number of hydrogen-bond acceptors (Lipinski definition) is 5. The molecular formula is C15H23N3O3. The van der Waals surface area contributed by atoms with E-state index in [1.807, 2.05) is 6.07 Å². The van der Waals surface area contributed by atoms with E-state index in [2.05, 4.69) is 17.1 Å². The number of nitrogens with zero attached hydrogens (tertiary/aromatic N) is 2. The van der Waals surface area contributed by atoms with Crippen molar-refractivity contribution in [3.05, 3.63) is 22.9 Å². The van der Waals surface area contributed by atoms with Gasteiger partial charge < -0.3 is 20.4 Å². The van der Waals surface area contributed by atoms with Gasteiger partial charge >= 0.3 is 0 Å². The number of pyridine rings is 1. The zero-order valence-corrected chi connectivity index (χ0v) is 12.5. The number of aryl methyl sites for hydroxylation is 2. The zero-order chi connectivity index (χ0) is 15.1. The number of oxime groups is 1. The van der Waals surface area contributed by atoms with E-state index in [4.69, 9.17) is 20.4 Å². The van der Waals surface area contributed by atoms with Crippen molar-refractivity contribution in [1.82, 2.24) is 4.98 Å². The minimum atomic E-state index is 0.0281. The van der Waals surface area contributed by atoms with Crippen molar-refractivity contribution >= 4 is 5.84 Å². The van der Waals surface area contributed by atoms with Gasteiger partial charge in [0.05, 0.1) is 12.2 Å². The number of hydrogen-bond donors (Lipinski definition) is 2. The van der Waals surface area contributed by atoms with E-state index in [0.29, 0.717) is 31.3 Å². The second-order valence-electron chi connectivity index (χ2n) is 5.10. The molecule has 3 N–H and O–H groups in total. The van der Waals surface area contributed by atoms with Crippen molar-refractivity contribution in [2.75, 3.05) is 19.8 Å². The van der Waals surface area contributed by atoms with Crippen molar-refractivity contribution in [1.29, 1.82) is 0 Å². The van der Waals surface area contributed by atoms with Crippen LogP contribution < -0.4 is 10.5 Å². The topological polar surface area (TPSA) is 90.0 Å². The van der Waals surface area contributed by atoms with Gasteiger partial charge in [-0.1, -0.05) is 12.1 Å². The molecule has 1 aliphatic carbocycles. The number of nitrogens with two attached hydrogens (primary N) is 1. The SMILES string of the molecule is CCCOCCOc1nc2c(cc1C(N)=NO)CCCC2. The molecule has 116 valence electrons. The van der Waals surface area contributed by atoms with E-state index in [9.17, 15) is 0 Å². The fourth-order valence-corrected chi connectivity index (χ4v) is 2.41. The Labute approximate surface area is 125 Å². The summed E-state index contributed by atoms with van der Waals surface area (Å²) in [4.78, 5) is 4.55. The molecule has 0 atom stereocenters. The molecule has 0 fully saturated rings. The van der Waals surface area contributed by atoms with Crippen LogP contribution in [0.1, 0.15) is 43.0 Å². The van der Waals surface area contributed by atoms with Gasteiger partial charge in [0.15, 0.2) is 5.84 Å². The predicted molar refractivity (Wildman–Crippen MR) is 80.0 cm³/mol. The predicted octanol–water partition coefficient (Wildman–Crippen LogP) is 1.86. The second-order valence-corrected chi connectivity index (χ2v) is 5.10. The van der Waals surface area contributed by atoms with Gasteiger partial charge in [-0.15, -0.1) is 0 Å². The van der Waals surface area contributed by atoms with E-state index < -0.39 is 0 Å². The van der Waals surface area contributed by atoms with Crippen LogP contribution in [0.25, 0.3) is 0 Å². The molecule has 0 saturated heterocycles. The van der Waals surface area contributed by atoms with Crippen LogP contribution in [-0.4, -0.2) is 35.8 Å². The number of fused-ring (bicyclic) bond motifs is 1. The molecule has 21 heavy (non-hydrogen) atoms. The summed E-state index contributed by atoms with van der Waals surface area (Å²) in [5, 5.41) is 12.0. The van der Waals surface area contributed by atoms with Crippen LogP contribution in [0.5, 0.6) is 5.88 Å². The van der Waals surface area contributed by atoms with Gasteiger partial charge in [-0.2, -0.15) is 0 Å². The summed E-state index contributed by atoms with van der Waals surface area (Å²) in [5.41, 5.74) is 8.50. The van der Waals surface area contributed by atoms with Crippen molar-refractivity contribution in [2.24, 2.45) is 10.9 Å². The molecule has 0 bridgehead atoms. The minimum absolute atomic E-state index is 0.0281. The summed E-state index contributed by atoms with van der Waals surface area (Å²) in [6.45, 7) is 3.68. The Balaban J connectivity index is 2.13. The molecule has 2 rings (SSSR count). The molecule has 6 heteroatoms. The first kappa shape index (κ1) is 15.6. The Kier molecular flexibility index (Phi) is 5.80. The lowest BCUT2D eigenvalue weighted by molar-refractivity contribution is 0.0988. The van der Waals surface area contributed by atoms with Gasteiger partial charge in [0.1, 0.15) is 6.61 Å². The number of rotatable bonds is 7. The molecular weight excluding hydrogens is 270 g/mol. The maximum atomic E-state index is 8.91. The van der Waals surface area contributed by atoms with E-state index >= 15 is 0 Å². The lowest BCUT2D eigenvalue weighted by Gasteiger charge is -2.18. The molecule has 0 aliphatic heterocycles. The number of amidine groups is 1. The van der Waals surface area contributed by atoms with Crippen molar-refractivity contribution in [2.45, 2.75) is 39.0 Å². The molecule has 0 radical (unpaired) electrons. The highest BCUT2D eigenvalue weighted by atomic mass is 16.5. The van der Waals surface area contributed by atoms with E-state index in [1.165, 1.54) is 0 Å². The lowest BCUT2D eigenvalue weighted by Crippen LogP contribution is -2.19. The van der Waals surface area contributed by atoms with Crippen molar-refractivity contribution in [3.63, 3.8) is 0 Å². The number of ether oxygens (including phenoxy) is 2. The third-order valence-corrected chi connectivity index (χ3v) is 3.46. The molecule has 1 aromatic rings. The van der Waals surface area contributed by atoms with Crippen molar-refractivity contribution < 1.29 is 14.7 Å². The van der Waals surface area contributed by atoms with Gasteiger partial charge in [0, 0.05) is 12.3 Å². The van der Waals surface area contributed by atoms with Crippen LogP contribution >= 0.6 is 0 Å². The van der Waals surface area contributed by atoms with Gasteiger partial charge in [-0.05, 0) is 43.7 Å². The van der Waals surface area contributed by atoms with Gasteiger partial charge in [0.2, 0.25) is 5.88 Å². The van der Waals surface area contributed by atoms with E-state index in [0.717, 1.165) is 43.4 Å². The summed E-state index contributed by atoms with van der Waals surface area (Å²) in [5.74, 6) is 0.450. The Morgan fingerprint density at radius 1 is 1.33 bits per heavy atom. The number of aromatic nitrogens is 1. The van der Waals surface area contributed by atoms with Gasteiger partial charge in [-0.25, -0.2) is 4.98 Å². The quantitative estimate of drug-likeness (QED) is 0.263. The molecule has 0 saturated carbocycles. The summed E-state index contributed by atoms with van der Waals surface area (Å²) in [7, 11) is 0. The summed E-state index contributed by atoms with van der Waals surface area (Å²) in [6.07, 6.45) is 5.20. The third-order valence-electron chi connectivity index (χ3n) is 3.46. The third kappa shape index (κ3) is 4.07. The fraction of sp³-hybridized carbons (Fsp3) is 0.600. The molecule has 1 aromatic heterocycles. The normalized spacial score (nSPS) is 14.8. The van der Waals surface area contributed by atoms with Gasteiger partial charge in [-0.3, -0.25) is 0 Å². The Morgan fingerprint density at radius 3 is 2.90 bits per heavy atom. The van der Waals surface area contributed by atoms with E-state index in [1.54, 1.807) is 0 Å². The molecule has 0 spiro atoms.